The molecule has 78 valence electrons. The van der Waals surface area contributed by atoms with Gasteiger partial charge in [0.25, 0.3) is 0 Å². The van der Waals surface area contributed by atoms with E-state index in [1.165, 1.54) is 18.2 Å². The summed E-state index contributed by atoms with van der Waals surface area (Å²) in [4.78, 5) is 10.3. The van der Waals surface area contributed by atoms with E-state index in [1.54, 1.807) is 12.1 Å². The molecule has 2 N–H and O–H groups in total. The van der Waals surface area contributed by atoms with Crippen LogP contribution in [-0.2, 0) is 4.79 Å². The molecular weight excluding hydrogens is 199 g/mol. The number of nitriles is 1. The average Bonchev–Trinajstić information content (AvgIpc) is 2.21. The Balaban J connectivity index is 2.80. The fraction of sp³-hybridized carbons (Fsp3) is 0.200. The molecule has 0 aliphatic rings. The van der Waals surface area contributed by atoms with Gasteiger partial charge in [0.15, 0.2) is 0 Å². The minimum atomic E-state index is -1.09. The van der Waals surface area contributed by atoms with Gasteiger partial charge in [-0.05, 0) is 6.07 Å². The number of carbonyl (C=O) groups is 1. The number of carboxylic acids is 1. The Bertz CT molecular complexity index is 401. The zero-order valence-electron chi connectivity index (χ0n) is 7.77. The Morgan fingerprint density at radius 1 is 1.60 bits per heavy atom. The van der Waals surface area contributed by atoms with Crippen LogP contribution in [0.15, 0.2) is 24.3 Å². The predicted molar refractivity (Wildman–Crippen MR) is 50.4 cm³/mol. The smallest absolute Gasteiger partial charge is 0.317 e. The van der Waals surface area contributed by atoms with Crippen molar-refractivity contribution in [2.24, 2.45) is 0 Å². The fourth-order valence-electron chi connectivity index (χ4n) is 1.12. The maximum atomic E-state index is 13.2. The van der Waals surface area contributed by atoms with E-state index in [1.807, 2.05) is 0 Å². The molecule has 0 fully saturated rings. The van der Waals surface area contributed by atoms with Crippen LogP contribution >= 0.6 is 0 Å². The summed E-state index contributed by atoms with van der Waals surface area (Å²) in [6.07, 6.45) is 0. The van der Waals surface area contributed by atoms with Crippen molar-refractivity contribution in [1.29, 1.82) is 5.26 Å². The summed E-state index contributed by atoms with van der Waals surface area (Å²) in [5, 5.41) is 19.6. The summed E-state index contributed by atoms with van der Waals surface area (Å²) in [5.41, 5.74) is 0.154. The van der Waals surface area contributed by atoms with Crippen molar-refractivity contribution in [1.82, 2.24) is 5.32 Å². The van der Waals surface area contributed by atoms with Crippen molar-refractivity contribution >= 4 is 5.97 Å². The predicted octanol–water partition coefficient (Wildman–Crippen LogP) is 1.06. The van der Waals surface area contributed by atoms with Crippen LogP contribution in [-0.4, -0.2) is 17.6 Å². The second kappa shape index (κ2) is 5.08. The van der Waals surface area contributed by atoms with Crippen molar-refractivity contribution in [3.63, 3.8) is 0 Å². The first-order chi connectivity index (χ1) is 7.15. The van der Waals surface area contributed by atoms with Gasteiger partial charge in [-0.25, -0.2) is 4.39 Å². The fourth-order valence-corrected chi connectivity index (χ4v) is 1.12. The molecule has 0 aliphatic carbocycles. The van der Waals surface area contributed by atoms with E-state index in [9.17, 15) is 9.18 Å². The van der Waals surface area contributed by atoms with Crippen LogP contribution in [0.4, 0.5) is 4.39 Å². The Kier molecular flexibility index (Phi) is 3.77. The molecule has 0 radical (unpaired) electrons. The molecule has 0 amide bonds. The van der Waals surface area contributed by atoms with Crippen molar-refractivity contribution in [2.45, 2.75) is 6.04 Å². The molecule has 5 heteroatoms. The van der Waals surface area contributed by atoms with Gasteiger partial charge in [-0.3, -0.25) is 10.1 Å². The number of hydrogen-bond acceptors (Lipinski definition) is 3. The monoisotopic (exact) mass is 208 g/mol. The van der Waals surface area contributed by atoms with Crippen LogP contribution in [0.2, 0.25) is 0 Å². The molecule has 1 atom stereocenters. The van der Waals surface area contributed by atoms with Crippen LogP contribution in [0.1, 0.15) is 11.6 Å². The van der Waals surface area contributed by atoms with E-state index in [-0.39, 0.29) is 12.1 Å². The Morgan fingerprint density at radius 3 is 2.80 bits per heavy atom. The molecule has 0 heterocycles. The first-order valence-electron chi connectivity index (χ1n) is 4.24. The van der Waals surface area contributed by atoms with E-state index in [4.69, 9.17) is 10.4 Å². The topological polar surface area (TPSA) is 73.1 Å². The lowest BCUT2D eigenvalue weighted by Gasteiger charge is -2.10. The van der Waals surface area contributed by atoms with E-state index >= 15 is 0 Å². The normalized spacial score (nSPS) is 11.7. The quantitative estimate of drug-likeness (QED) is 0.776. The van der Waals surface area contributed by atoms with Gasteiger partial charge < -0.3 is 5.11 Å². The van der Waals surface area contributed by atoms with Crippen molar-refractivity contribution in [2.75, 3.05) is 6.54 Å². The zero-order valence-corrected chi connectivity index (χ0v) is 7.77. The highest BCUT2D eigenvalue weighted by atomic mass is 19.1. The van der Waals surface area contributed by atoms with Gasteiger partial charge in [0.1, 0.15) is 11.9 Å². The average molecular weight is 208 g/mol. The second-order valence-electron chi connectivity index (χ2n) is 2.86. The van der Waals surface area contributed by atoms with E-state index in [0.29, 0.717) is 0 Å². The minimum absolute atomic E-state index is 0.154. The number of halogens is 1. The first kappa shape index (κ1) is 11.1. The maximum absolute atomic E-state index is 13.2. The molecule has 1 rings (SSSR count). The molecule has 0 aromatic heterocycles. The molecule has 1 aromatic rings. The highest BCUT2D eigenvalue weighted by Gasteiger charge is 2.14. The molecule has 0 aliphatic heterocycles. The molecular formula is C10H9FN2O2. The van der Waals surface area contributed by atoms with Crippen molar-refractivity contribution in [3.05, 3.63) is 35.6 Å². The first-order valence-corrected chi connectivity index (χ1v) is 4.24. The summed E-state index contributed by atoms with van der Waals surface area (Å²) < 4.78 is 13.2. The number of rotatable bonds is 4. The van der Waals surface area contributed by atoms with Gasteiger partial charge >= 0.3 is 5.97 Å². The Hall–Kier alpha value is -1.93. The van der Waals surface area contributed by atoms with Crippen LogP contribution in [0.5, 0.6) is 0 Å². The molecule has 15 heavy (non-hydrogen) atoms. The lowest BCUT2D eigenvalue weighted by molar-refractivity contribution is -0.136. The van der Waals surface area contributed by atoms with Crippen LogP contribution in [0, 0.1) is 17.1 Å². The van der Waals surface area contributed by atoms with Crippen LogP contribution in [0.3, 0.4) is 0 Å². The number of carboxylic acid groups (broad SMARTS) is 1. The second-order valence-corrected chi connectivity index (χ2v) is 2.86. The molecule has 1 unspecified atom stereocenters. The minimum Gasteiger partial charge on any atom is -0.480 e. The molecule has 0 saturated carbocycles. The zero-order chi connectivity index (χ0) is 11.3. The third-order valence-electron chi connectivity index (χ3n) is 1.80. The lowest BCUT2D eigenvalue weighted by Crippen LogP contribution is -2.27. The number of hydrogen-bond donors (Lipinski definition) is 2. The lowest BCUT2D eigenvalue weighted by atomic mass is 10.1. The van der Waals surface area contributed by atoms with Gasteiger partial charge in [-0.2, -0.15) is 5.26 Å². The standard InChI is InChI=1S/C10H9FN2O2/c11-8-4-2-1-3-7(8)9(5-12)13-6-10(14)15/h1-4,9,13H,6H2,(H,14,15). The summed E-state index contributed by atoms with van der Waals surface area (Å²) >= 11 is 0. The van der Waals surface area contributed by atoms with Gasteiger partial charge in [0.2, 0.25) is 0 Å². The third-order valence-corrected chi connectivity index (χ3v) is 1.80. The maximum Gasteiger partial charge on any atom is 0.317 e. The number of nitrogens with one attached hydrogen (secondary N) is 1. The van der Waals surface area contributed by atoms with Gasteiger partial charge in [0, 0.05) is 5.56 Å². The van der Waals surface area contributed by atoms with Crippen LogP contribution in [0.25, 0.3) is 0 Å². The van der Waals surface area contributed by atoms with Crippen molar-refractivity contribution < 1.29 is 14.3 Å². The van der Waals surface area contributed by atoms with E-state index in [0.717, 1.165) is 0 Å². The number of aliphatic carboxylic acids is 1. The summed E-state index contributed by atoms with van der Waals surface area (Å²) in [6, 6.07) is 6.62. The molecule has 0 saturated heterocycles. The van der Waals surface area contributed by atoms with E-state index in [2.05, 4.69) is 5.32 Å². The van der Waals surface area contributed by atoms with Gasteiger partial charge in [-0.15, -0.1) is 0 Å². The van der Waals surface area contributed by atoms with Gasteiger partial charge in [0.05, 0.1) is 12.6 Å². The Morgan fingerprint density at radius 2 is 2.27 bits per heavy atom. The molecule has 0 bridgehead atoms. The van der Waals surface area contributed by atoms with Gasteiger partial charge in [-0.1, -0.05) is 18.2 Å². The number of benzene rings is 1. The van der Waals surface area contributed by atoms with E-state index < -0.39 is 17.8 Å². The highest BCUT2D eigenvalue weighted by molar-refractivity contribution is 5.69. The Labute approximate surface area is 86.0 Å². The largest absolute Gasteiger partial charge is 0.480 e. The highest BCUT2D eigenvalue weighted by Crippen LogP contribution is 2.15. The van der Waals surface area contributed by atoms with Crippen LogP contribution < -0.4 is 5.32 Å². The van der Waals surface area contributed by atoms with Crippen molar-refractivity contribution in [3.8, 4) is 6.07 Å². The SMILES string of the molecule is N#CC(NCC(=O)O)c1ccccc1F. The molecule has 0 spiro atoms. The molecule has 4 nitrogen and oxygen atoms in total. The third kappa shape index (κ3) is 3.04. The molecule has 1 aromatic carbocycles. The summed E-state index contributed by atoms with van der Waals surface area (Å²) in [5.74, 6) is -1.62. The number of nitrogens with zero attached hydrogens (tertiary/aromatic N) is 1. The summed E-state index contributed by atoms with van der Waals surface area (Å²) in [6.45, 7) is -0.382. The summed E-state index contributed by atoms with van der Waals surface area (Å²) in [7, 11) is 0.